The van der Waals surface area contributed by atoms with Crippen LogP contribution in [0.25, 0.3) is 17.2 Å². The van der Waals surface area contributed by atoms with E-state index in [1.54, 1.807) is 44.2 Å². The van der Waals surface area contributed by atoms with Gasteiger partial charge in [0.05, 0.1) is 17.9 Å². The fraction of sp³-hybridized carbons (Fsp3) is 0.182. The zero-order chi connectivity index (χ0) is 21.2. The standard InChI is InChI=1S/C22H18F3NO3/c1-3-29-21(28)19-13(2)26-18(20(19)27)12-14-7-6-8-15(11-14)16-9-4-5-10-17(16)22(23,24)25/h4-12,27H,3H2,1-2H3/b18-12+. The number of ether oxygens (including phenoxy) is 1. The summed E-state index contributed by atoms with van der Waals surface area (Å²) in [6.45, 7) is 3.37. The fourth-order valence-electron chi connectivity index (χ4n) is 3.07. The van der Waals surface area contributed by atoms with E-state index in [9.17, 15) is 23.1 Å². The average Bonchev–Trinajstić information content (AvgIpc) is 2.95. The number of carbonyl (C=O) groups excluding carboxylic acids is 1. The summed E-state index contributed by atoms with van der Waals surface area (Å²) in [5.74, 6) is -0.996. The van der Waals surface area contributed by atoms with Gasteiger partial charge in [0.25, 0.3) is 0 Å². The summed E-state index contributed by atoms with van der Waals surface area (Å²) in [4.78, 5) is 16.2. The van der Waals surface area contributed by atoms with Crippen molar-refractivity contribution in [2.75, 3.05) is 6.61 Å². The van der Waals surface area contributed by atoms with Crippen molar-refractivity contribution in [3.05, 3.63) is 76.7 Å². The lowest BCUT2D eigenvalue weighted by molar-refractivity contribution is -0.138. The zero-order valence-electron chi connectivity index (χ0n) is 15.7. The first-order valence-electron chi connectivity index (χ1n) is 8.87. The van der Waals surface area contributed by atoms with Gasteiger partial charge in [0.2, 0.25) is 0 Å². The first-order chi connectivity index (χ1) is 13.7. The van der Waals surface area contributed by atoms with Crippen LogP contribution < -0.4 is 0 Å². The second-order valence-corrected chi connectivity index (χ2v) is 6.34. The topological polar surface area (TPSA) is 58.9 Å². The first kappa shape index (κ1) is 20.4. The molecule has 1 N–H and O–H groups in total. The fourth-order valence-corrected chi connectivity index (χ4v) is 3.07. The summed E-state index contributed by atoms with van der Waals surface area (Å²) >= 11 is 0. The number of alkyl halides is 3. The summed E-state index contributed by atoms with van der Waals surface area (Å²) in [6.07, 6.45) is -2.97. The molecular formula is C22H18F3NO3. The maximum absolute atomic E-state index is 13.3. The summed E-state index contributed by atoms with van der Waals surface area (Å²) in [5.41, 5.74) is 0.669. The molecule has 0 radical (unpaired) electrons. The molecule has 150 valence electrons. The summed E-state index contributed by atoms with van der Waals surface area (Å²) in [5, 5.41) is 10.4. The number of hydrogen-bond donors (Lipinski definition) is 1. The molecule has 0 unspecified atom stereocenters. The maximum Gasteiger partial charge on any atom is 0.417 e. The third-order valence-electron chi connectivity index (χ3n) is 4.34. The van der Waals surface area contributed by atoms with Gasteiger partial charge in [-0.2, -0.15) is 13.2 Å². The molecule has 1 aliphatic heterocycles. The molecule has 0 aromatic heterocycles. The second-order valence-electron chi connectivity index (χ2n) is 6.34. The Hall–Kier alpha value is -3.35. The number of esters is 1. The van der Waals surface area contributed by atoms with Crippen molar-refractivity contribution in [2.45, 2.75) is 20.0 Å². The SMILES string of the molecule is CCOC(=O)C1=C(O)/C(=C\c2cccc(-c3ccccc3C(F)(F)F)c2)N=C1C. The Morgan fingerprint density at radius 3 is 2.59 bits per heavy atom. The van der Waals surface area contributed by atoms with E-state index >= 15 is 0 Å². The quantitative estimate of drug-likeness (QED) is 0.682. The van der Waals surface area contributed by atoms with Crippen molar-refractivity contribution >= 4 is 17.8 Å². The zero-order valence-corrected chi connectivity index (χ0v) is 15.7. The predicted molar refractivity (Wildman–Crippen MR) is 104 cm³/mol. The minimum Gasteiger partial charge on any atom is -0.505 e. The van der Waals surface area contributed by atoms with Crippen LogP contribution >= 0.6 is 0 Å². The smallest absolute Gasteiger partial charge is 0.417 e. The molecule has 0 bridgehead atoms. The van der Waals surface area contributed by atoms with Crippen molar-refractivity contribution in [2.24, 2.45) is 4.99 Å². The first-order valence-corrected chi connectivity index (χ1v) is 8.87. The third-order valence-corrected chi connectivity index (χ3v) is 4.34. The number of rotatable bonds is 4. The molecule has 0 saturated carbocycles. The van der Waals surface area contributed by atoms with Crippen molar-refractivity contribution in [3.63, 3.8) is 0 Å². The van der Waals surface area contributed by atoms with Gasteiger partial charge in [0.15, 0.2) is 5.76 Å². The molecule has 0 fully saturated rings. The lowest BCUT2D eigenvalue weighted by Gasteiger charge is -2.13. The molecule has 0 amide bonds. The maximum atomic E-state index is 13.3. The van der Waals surface area contributed by atoms with Crippen LogP contribution in [0.1, 0.15) is 25.0 Å². The van der Waals surface area contributed by atoms with Crippen LogP contribution in [0, 0.1) is 0 Å². The minimum atomic E-state index is -4.48. The Morgan fingerprint density at radius 1 is 1.17 bits per heavy atom. The van der Waals surface area contributed by atoms with E-state index in [1.807, 2.05) is 0 Å². The van der Waals surface area contributed by atoms with Crippen LogP contribution in [0.5, 0.6) is 0 Å². The van der Waals surface area contributed by atoms with E-state index < -0.39 is 17.7 Å². The summed E-state index contributed by atoms with van der Waals surface area (Å²) in [7, 11) is 0. The van der Waals surface area contributed by atoms with Gasteiger partial charge in [-0.15, -0.1) is 0 Å². The lowest BCUT2D eigenvalue weighted by atomic mass is 9.97. The Balaban J connectivity index is 2.02. The van der Waals surface area contributed by atoms with Gasteiger partial charge in [-0.25, -0.2) is 9.79 Å². The number of benzene rings is 2. The lowest BCUT2D eigenvalue weighted by Crippen LogP contribution is -2.13. The van der Waals surface area contributed by atoms with Crippen LogP contribution in [0.15, 0.2) is 70.6 Å². The van der Waals surface area contributed by atoms with Crippen molar-refractivity contribution in [1.82, 2.24) is 0 Å². The summed E-state index contributed by atoms with van der Waals surface area (Å²) in [6, 6.07) is 11.8. The number of aliphatic hydroxyl groups excluding tert-OH is 1. The molecule has 29 heavy (non-hydrogen) atoms. The Bertz CT molecular complexity index is 1050. The van der Waals surface area contributed by atoms with Crippen LogP contribution in [0.4, 0.5) is 13.2 Å². The van der Waals surface area contributed by atoms with Crippen LogP contribution in [-0.4, -0.2) is 23.4 Å². The predicted octanol–water partition coefficient (Wildman–Crippen LogP) is 5.56. The normalized spacial score (nSPS) is 15.6. The highest BCUT2D eigenvalue weighted by Crippen LogP contribution is 2.37. The Morgan fingerprint density at radius 2 is 1.90 bits per heavy atom. The van der Waals surface area contributed by atoms with E-state index in [-0.39, 0.29) is 29.2 Å². The van der Waals surface area contributed by atoms with Crippen LogP contribution in [0.2, 0.25) is 0 Å². The molecule has 2 aromatic rings. The van der Waals surface area contributed by atoms with Gasteiger partial charge in [0, 0.05) is 0 Å². The van der Waals surface area contributed by atoms with E-state index in [2.05, 4.69) is 4.99 Å². The number of carbonyl (C=O) groups is 1. The molecular weight excluding hydrogens is 383 g/mol. The van der Waals surface area contributed by atoms with Gasteiger partial charge in [-0.3, -0.25) is 0 Å². The van der Waals surface area contributed by atoms with E-state index in [1.165, 1.54) is 18.2 Å². The van der Waals surface area contributed by atoms with Crippen LogP contribution in [0.3, 0.4) is 0 Å². The van der Waals surface area contributed by atoms with E-state index in [4.69, 9.17) is 4.74 Å². The molecule has 7 heteroatoms. The second kappa shape index (κ2) is 7.95. The molecule has 3 rings (SSSR count). The van der Waals surface area contributed by atoms with Crippen LogP contribution in [-0.2, 0) is 15.7 Å². The number of aliphatic imine (C=N–C) groups is 1. The van der Waals surface area contributed by atoms with Crippen molar-refractivity contribution in [1.29, 1.82) is 0 Å². The van der Waals surface area contributed by atoms with Gasteiger partial charge in [-0.1, -0.05) is 36.4 Å². The average molecular weight is 401 g/mol. The van der Waals surface area contributed by atoms with Gasteiger partial charge in [-0.05, 0) is 48.7 Å². The van der Waals surface area contributed by atoms with E-state index in [0.717, 1.165) is 6.07 Å². The largest absolute Gasteiger partial charge is 0.505 e. The molecule has 1 heterocycles. The third kappa shape index (κ3) is 4.23. The Labute approximate surface area is 165 Å². The highest BCUT2D eigenvalue weighted by molar-refractivity contribution is 6.22. The Kier molecular flexibility index (Phi) is 5.59. The highest BCUT2D eigenvalue weighted by atomic mass is 19.4. The van der Waals surface area contributed by atoms with Gasteiger partial charge in [0.1, 0.15) is 11.3 Å². The van der Waals surface area contributed by atoms with Crippen molar-refractivity contribution < 1.29 is 27.8 Å². The summed E-state index contributed by atoms with van der Waals surface area (Å²) < 4.78 is 44.9. The van der Waals surface area contributed by atoms with Gasteiger partial charge < -0.3 is 9.84 Å². The molecule has 0 aliphatic carbocycles. The number of halogens is 3. The molecule has 0 atom stereocenters. The highest BCUT2D eigenvalue weighted by Gasteiger charge is 2.33. The molecule has 0 saturated heterocycles. The van der Waals surface area contributed by atoms with Gasteiger partial charge >= 0.3 is 12.1 Å². The molecule has 0 spiro atoms. The molecule has 2 aromatic carbocycles. The number of nitrogens with zero attached hydrogens (tertiary/aromatic N) is 1. The minimum absolute atomic E-state index is 0.0170. The molecule has 1 aliphatic rings. The monoisotopic (exact) mass is 401 g/mol. The number of aliphatic hydroxyl groups is 1. The van der Waals surface area contributed by atoms with Crippen molar-refractivity contribution in [3.8, 4) is 11.1 Å². The number of hydrogen-bond acceptors (Lipinski definition) is 4. The van der Waals surface area contributed by atoms with E-state index in [0.29, 0.717) is 16.8 Å². The molecule has 4 nitrogen and oxygen atoms in total.